The normalized spacial score (nSPS) is 29.9. The SMILES string of the molecule is C[CH][C@@H]1C[C@H]1[C@@H]1CC1(c1ccccc1)c1ccccc1. The van der Waals surface area contributed by atoms with Crippen molar-refractivity contribution < 1.29 is 0 Å². The lowest BCUT2D eigenvalue weighted by Gasteiger charge is -2.19. The lowest BCUT2D eigenvalue weighted by molar-refractivity contribution is 0.592. The highest BCUT2D eigenvalue weighted by molar-refractivity contribution is 5.48. The third-order valence-electron chi connectivity index (χ3n) is 5.43. The zero-order valence-corrected chi connectivity index (χ0v) is 12.0. The highest BCUT2D eigenvalue weighted by Crippen LogP contribution is 2.68. The molecule has 2 saturated carbocycles. The van der Waals surface area contributed by atoms with E-state index in [0.717, 1.165) is 17.8 Å². The van der Waals surface area contributed by atoms with Crippen molar-refractivity contribution >= 4 is 0 Å². The zero-order valence-electron chi connectivity index (χ0n) is 12.0. The molecular formula is C20H21. The second kappa shape index (κ2) is 4.48. The van der Waals surface area contributed by atoms with Gasteiger partial charge in [0, 0.05) is 5.41 Å². The Hall–Kier alpha value is -1.56. The van der Waals surface area contributed by atoms with Crippen LogP contribution in [0.4, 0.5) is 0 Å². The summed E-state index contributed by atoms with van der Waals surface area (Å²) in [6, 6.07) is 22.3. The van der Waals surface area contributed by atoms with Gasteiger partial charge in [0.15, 0.2) is 0 Å². The van der Waals surface area contributed by atoms with Crippen molar-refractivity contribution in [3.8, 4) is 0 Å². The summed E-state index contributed by atoms with van der Waals surface area (Å²) in [7, 11) is 0. The zero-order chi connectivity index (χ0) is 13.6. The molecule has 0 amide bonds. The second-order valence-corrected chi connectivity index (χ2v) is 6.41. The first-order valence-electron chi connectivity index (χ1n) is 7.77. The van der Waals surface area contributed by atoms with Gasteiger partial charge in [0.05, 0.1) is 0 Å². The van der Waals surface area contributed by atoms with Crippen molar-refractivity contribution in [2.45, 2.75) is 25.2 Å². The predicted molar refractivity (Wildman–Crippen MR) is 83.3 cm³/mol. The Kier molecular flexibility index (Phi) is 2.73. The molecule has 0 spiro atoms. The van der Waals surface area contributed by atoms with Gasteiger partial charge in [-0.1, -0.05) is 67.6 Å². The summed E-state index contributed by atoms with van der Waals surface area (Å²) in [4.78, 5) is 0. The average molecular weight is 261 g/mol. The van der Waals surface area contributed by atoms with Gasteiger partial charge in [0.2, 0.25) is 0 Å². The molecule has 2 fully saturated rings. The molecule has 0 N–H and O–H groups in total. The molecule has 0 aromatic heterocycles. The van der Waals surface area contributed by atoms with Gasteiger partial charge in [-0.05, 0) is 48.1 Å². The lowest BCUT2D eigenvalue weighted by Crippen LogP contribution is -2.13. The fraction of sp³-hybridized carbons (Fsp3) is 0.350. The van der Waals surface area contributed by atoms with Crippen molar-refractivity contribution in [1.29, 1.82) is 0 Å². The molecular weight excluding hydrogens is 240 g/mol. The Labute approximate surface area is 121 Å². The van der Waals surface area contributed by atoms with Gasteiger partial charge in [-0.15, -0.1) is 0 Å². The fourth-order valence-corrected chi connectivity index (χ4v) is 4.19. The molecule has 2 aromatic rings. The van der Waals surface area contributed by atoms with Crippen LogP contribution in [0.5, 0.6) is 0 Å². The molecule has 0 heterocycles. The van der Waals surface area contributed by atoms with Gasteiger partial charge in [0.25, 0.3) is 0 Å². The number of hydrogen-bond donors (Lipinski definition) is 0. The van der Waals surface area contributed by atoms with Gasteiger partial charge in [-0.3, -0.25) is 0 Å². The summed E-state index contributed by atoms with van der Waals surface area (Å²) in [6.07, 6.45) is 5.14. The monoisotopic (exact) mass is 261 g/mol. The first-order valence-corrected chi connectivity index (χ1v) is 7.77. The summed E-state index contributed by atoms with van der Waals surface area (Å²) >= 11 is 0. The Morgan fingerprint density at radius 2 is 1.45 bits per heavy atom. The molecule has 3 atom stereocenters. The van der Waals surface area contributed by atoms with E-state index in [-0.39, 0.29) is 0 Å². The maximum atomic E-state index is 2.41. The predicted octanol–water partition coefficient (Wildman–Crippen LogP) is 4.85. The van der Waals surface area contributed by atoms with E-state index < -0.39 is 0 Å². The molecule has 0 unspecified atom stereocenters. The van der Waals surface area contributed by atoms with E-state index in [1.807, 2.05) is 0 Å². The largest absolute Gasteiger partial charge is 0.0622 e. The quantitative estimate of drug-likeness (QED) is 0.738. The Balaban J connectivity index is 1.73. The van der Waals surface area contributed by atoms with Crippen LogP contribution in [0.3, 0.4) is 0 Å². The van der Waals surface area contributed by atoms with E-state index in [1.54, 1.807) is 0 Å². The molecule has 1 radical (unpaired) electrons. The van der Waals surface area contributed by atoms with Gasteiger partial charge < -0.3 is 0 Å². The van der Waals surface area contributed by atoms with E-state index >= 15 is 0 Å². The maximum Gasteiger partial charge on any atom is 0.0237 e. The van der Waals surface area contributed by atoms with Crippen LogP contribution in [0.1, 0.15) is 30.9 Å². The molecule has 101 valence electrons. The smallest absolute Gasteiger partial charge is 0.0237 e. The van der Waals surface area contributed by atoms with Crippen LogP contribution in [0.15, 0.2) is 60.7 Å². The number of hydrogen-bond acceptors (Lipinski definition) is 0. The first-order chi connectivity index (χ1) is 9.86. The minimum atomic E-state index is 0.297. The molecule has 4 rings (SSSR count). The van der Waals surface area contributed by atoms with Crippen LogP contribution in [-0.4, -0.2) is 0 Å². The van der Waals surface area contributed by atoms with Gasteiger partial charge in [0.1, 0.15) is 0 Å². The van der Waals surface area contributed by atoms with Crippen LogP contribution >= 0.6 is 0 Å². The summed E-state index contributed by atoms with van der Waals surface area (Å²) in [5.41, 5.74) is 3.32. The third-order valence-corrected chi connectivity index (χ3v) is 5.43. The lowest BCUT2D eigenvalue weighted by atomic mass is 9.84. The molecule has 2 aliphatic carbocycles. The van der Waals surface area contributed by atoms with Crippen LogP contribution in [0, 0.1) is 24.2 Å². The molecule has 20 heavy (non-hydrogen) atoms. The van der Waals surface area contributed by atoms with Crippen molar-refractivity contribution in [2.24, 2.45) is 17.8 Å². The topological polar surface area (TPSA) is 0 Å². The van der Waals surface area contributed by atoms with E-state index in [1.165, 1.54) is 24.0 Å². The summed E-state index contributed by atoms with van der Waals surface area (Å²) in [5.74, 6) is 2.63. The van der Waals surface area contributed by atoms with Gasteiger partial charge in [-0.25, -0.2) is 0 Å². The van der Waals surface area contributed by atoms with Crippen LogP contribution in [-0.2, 0) is 5.41 Å². The minimum Gasteiger partial charge on any atom is -0.0622 e. The Morgan fingerprint density at radius 3 is 1.90 bits per heavy atom. The molecule has 0 heteroatoms. The number of rotatable bonds is 4. The molecule has 0 aliphatic heterocycles. The Bertz CT molecular complexity index is 544. The molecule has 2 aromatic carbocycles. The van der Waals surface area contributed by atoms with Gasteiger partial charge >= 0.3 is 0 Å². The summed E-state index contributed by atoms with van der Waals surface area (Å²) in [5, 5.41) is 0. The second-order valence-electron chi connectivity index (χ2n) is 6.41. The molecule has 0 nitrogen and oxygen atoms in total. The highest BCUT2D eigenvalue weighted by Gasteiger charge is 2.63. The standard InChI is InChI=1S/C20H21/c1-2-15-13-18(15)19-14-20(19,16-9-5-3-6-10-16)17-11-7-4-8-12-17/h2-12,15,18-19H,13-14H2,1H3/t15-,18-,19+/m1/s1. The van der Waals surface area contributed by atoms with Crippen LogP contribution in [0.2, 0.25) is 0 Å². The van der Waals surface area contributed by atoms with Crippen molar-refractivity contribution in [2.75, 3.05) is 0 Å². The van der Waals surface area contributed by atoms with Gasteiger partial charge in [-0.2, -0.15) is 0 Å². The molecule has 0 bridgehead atoms. The minimum absolute atomic E-state index is 0.297. The van der Waals surface area contributed by atoms with E-state index in [0.29, 0.717) is 5.41 Å². The Morgan fingerprint density at radius 1 is 0.900 bits per heavy atom. The molecule has 2 aliphatic rings. The third kappa shape index (κ3) is 1.74. The fourth-order valence-electron chi connectivity index (χ4n) is 4.19. The van der Waals surface area contributed by atoms with E-state index in [9.17, 15) is 0 Å². The summed E-state index contributed by atoms with van der Waals surface area (Å²) < 4.78 is 0. The first kappa shape index (κ1) is 12.2. The van der Waals surface area contributed by atoms with Crippen molar-refractivity contribution in [3.63, 3.8) is 0 Å². The molecule has 0 saturated heterocycles. The van der Waals surface area contributed by atoms with E-state index in [4.69, 9.17) is 0 Å². The van der Waals surface area contributed by atoms with Crippen LogP contribution < -0.4 is 0 Å². The van der Waals surface area contributed by atoms with Crippen LogP contribution in [0.25, 0.3) is 0 Å². The average Bonchev–Trinajstić information content (AvgIpc) is 3.41. The van der Waals surface area contributed by atoms with Crippen molar-refractivity contribution in [1.82, 2.24) is 0 Å². The van der Waals surface area contributed by atoms with Crippen molar-refractivity contribution in [3.05, 3.63) is 78.2 Å². The number of benzene rings is 2. The highest BCUT2D eigenvalue weighted by atomic mass is 14.7. The van der Waals surface area contributed by atoms with E-state index in [2.05, 4.69) is 74.0 Å². The summed E-state index contributed by atoms with van der Waals surface area (Å²) in [6.45, 7) is 2.22. The maximum absolute atomic E-state index is 2.41.